The average Bonchev–Trinajstić information content (AvgIpc) is 2.84. The molecule has 1 aromatic heterocycles. The van der Waals surface area contributed by atoms with Gasteiger partial charge in [-0.25, -0.2) is 4.68 Å². The standard InChI is InChI=1S/C13H20N4O3/c18-12(6-10-4-2-1-3-5-10)14-7-11-8-17(16-15-11)9-13(19)20/h8,10H,1-7,9H2,(H,14,18)(H,19,20). The molecule has 110 valence electrons. The Kier molecular flexibility index (Phi) is 5.09. The number of carboxylic acid groups (broad SMARTS) is 1. The summed E-state index contributed by atoms with van der Waals surface area (Å²) in [5.74, 6) is -0.432. The Morgan fingerprint density at radius 2 is 2.10 bits per heavy atom. The number of nitrogens with one attached hydrogen (secondary N) is 1. The molecule has 1 amide bonds. The molecule has 2 rings (SSSR count). The molecule has 0 spiro atoms. The van der Waals surface area contributed by atoms with Gasteiger partial charge in [-0.2, -0.15) is 0 Å². The summed E-state index contributed by atoms with van der Waals surface area (Å²) in [6.45, 7) is 0.0776. The SMILES string of the molecule is O=C(O)Cn1cc(CNC(=O)CC2CCCCC2)nn1. The first-order valence-electron chi connectivity index (χ1n) is 7.01. The summed E-state index contributed by atoms with van der Waals surface area (Å²) in [5, 5.41) is 18.9. The molecule has 2 N–H and O–H groups in total. The Labute approximate surface area is 117 Å². The number of carbonyl (C=O) groups excluding carboxylic acids is 1. The summed E-state index contributed by atoms with van der Waals surface area (Å²) < 4.78 is 1.24. The Morgan fingerprint density at radius 3 is 2.80 bits per heavy atom. The second kappa shape index (κ2) is 7.02. The van der Waals surface area contributed by atoms with Crippen molar-refractivity contribution < 1.29 is 14.7 Å². The molecular weight excluding hydrogens is 260 g/mol. The van der Waals surface area contributed by atoms with Crippen LogP contribution in [0.5, 0.6) is 0 Å². The molecule has 0 aromatic carbocycles. The van der Waals surface area contributed by atoms with Gasteiger partial charge in [0.1, 0.15) is 12.2 Å². The normalized spacial score (nSPS) is 16.0. The quantitative estimate of drug-likeness (QED) is 0.808. The van der Waals surface area contributed by atoms with E-state index >= 15 is 0 Å². The molecule has 0 aliphatic heterocycles. The first kappa shape index (κ1) is 14.5. The molecule has 0 atom stereocenters. The van der Waals surface area contributed by atoms with E-state index in [0.29, 0.717) is 24.6 Å². The Bertz CT molecular complexity index is 466. The van der Waals surface area contributed by atoms with Gasteiger partial charge in [0.25, 0.3) is 0 Å². The largest absolute Gasteiger partial charge is 0.480 e. The molecule has 1 heterocycles. The highest BCUT2D eigenvalue weighted by atomic mass is 16.4. The van der Waals surface area contributed by atoms with E-state index in [1.54, 1.807) is 0 Å². The van der Waals surface area contributed by atoms with Gasteiger partial charge in [-0.15, -0.1) is 5.10 Å². The van der Waals surface area contributed by atoms with E-state index in [4.69, 9.17) is 5.11 Å². The van der Waals surface area contributed by atoms with E-state index in [1.165, 1.54) is 30.1 Å². The van der Waals surface area contributed by atoms with Crippen molar-refractivity contribution in [2.75, 3.05) is 0 Å². The summed E-state index contributed by atoms with van der Waals surface area (Å²) >= 11 is 0. The van der Waals surface area contributed by atoms with Crippen LogP contribution in [0.25, 0.3) is 0 Å². The number of hydrogen-bond donors (Lipinski definition) is 2. The van der Waals surface area contributed by atoms with Crippen molar-refractivity contribution in [3.63, 3.8) is 0 Å². The lowest BCUT2D eigenvalue weighted by molar-refractivity contribution is -0.138. The van der Waals surface area contributed by atoms with Crippen LogP contribution in [0.2, 0.25) is 0 Å². The first-order chi connectivity index (χ1) is 9.63. The number of rotatable bonds is 6. The highest BCUT2D eigenvalue weighted by molar-refractivity contribution is 5.76. The monoisotopic (exact) mass is 280 g/mol. The topological polar surface area (TPSA) is 97.1 Å². The Morgan fingerprint density at radius 1 is 1.35 bits per heavy atom. The van der Waals surface area contributed by atoms with E-state index < -0.39 is 5.97 Å². The van der Waals surface area contributed by atoms with E-state index in [1.807, 2.05) is 0 Å². The van der Waals surface area contributed by atoms with Crippen LogP contribution in [0.15, 0.2) is 6.20 Å². The van der Waals surface area contributed by atoms with Gasteiger partial charge in [-0.1, -0.05) is 24.5 Å². The lowest BCUT2D eigenvalue weighted by Gasteiger charge is -2.20. The van der Waals surface area contributed by atoms with Gasteiger partial charge in [0, 0.05) is 6.42 Å². The third kappa shape index (κ3) is 4.64. The van der Waals surface area contributed by atoms with Crippen LogP contribution in [0.1, 0.15) is 44.2 Å². The molecule has 1 aliphatic carbocycles. The molecule has 7 heteroatoms. The molecule has 20 heavy (non-hydrogen) atoms. The van der Waals surface area contributed by atoms with Gasteiger partial charge in [-0.05, 0) is 18.8 Å². The van der Waals surface area contributed by atoms with Crippen molar-refractivity contribution >= 4 is 11.9 Å². The summed E-state index contributed by atoms with van der Waals surface area (Å²) in [5.41, 5.74) is 0.572. The second-order valence-corrected chi connectivity index (χ2v) is 5.29. The minimum absolute atomic E-state index is 0.0321. The van der Waals surface area contributed by atoms with Crippen LogP contribution in [-0.4, -0.2) is 32.0 Å². The predicted molar refractivity (Wildman–Crippen MR) is 70.7 cm³/mol. The van der Waals surface area contributed by atoms with Gasteiger partial charge in [-0.3, -0.25) is 9.59 Å². The van der Waals surface area contributed by atoms with Gasteiger partial charge >= 0.3 is 5.97 Å². The Hall–Kier alpha value is -1.92. The maximum Gasteiger partial charge on any atom is 0.325 e. The van der Waals surface area contributed by atoms with Gasteiger partial charge in [0.05, 0.1) is 12.7 Å². The smallest absolute Gasteiger partial charge is 0.325 e. The molecule has 0 radical (unpaired) electrons. The molecule has 1 aromatic rings. The zero-order valence-corrected chi connectivity index (χ0v) is 11.4. The van der Waals surface area contributed by atoms with E-state index in [2.05, 4.69) is 15.6 Å². The molecule has 1 fully saturated rings. The van der Waals surface area contributed by atoms with Gasteiger partial charge in [0.15, 0.2) is 0 Å². The minimum Gasteiger partial charge on any atom is -0.480 e. The van der Waals surface area contributed by atoms with Crippen LogP contribution < -0.4 is 5.32 Å². The summed E-state index contributed by atoms with van der Waals surface area (Å²) in [6.07, 6.45) is 8.12. The zero-order chi connectivity index (χ0) is 14.4. The van der Waals surface area contributed by atoms with Gasteiger partial charge < -0.3 is 10.4 Å². The van der Waals surface area contributed by atoms with Crippen LogP contribution in [0, 0.1) is 5.92 Å². The molecule has 7 nitrogen and oxygen atoms in total. The van der Waals surface area contributed by atoms with Crippen molar-refractivity contribution in [1.82, 2.24) is 20.3 Å². The number of carboxylic acids is 1. The maximum absolute atomic E-state index is 11.8. The molecule has 1 aliphatic rings. The fourth-order valence-electron chi connectivity index (χ4n) is 2.55. The van der Waals surface area contributed by atoms with Crippen molar-refractivity contribution in [3.8, 4) is 0 Å². The van der Waals surface area contributed by atoms with E-state index in [-0.39, 0.29) is 12.5 Å². The molecule has 0 saturated heterocycles. The lowest BCUT2D eigenvalue weighted by Crippen LogP contribution is -2.26. The molecule has 0 bridgehead atoms. The van der Waals surface area contributed by atoms with Crippen molar-refractivity contribution in [2.24, 2.45) is 5.92 Å². The minimum atomic E-state index is -0.970. The van der Waals surface area contributed by atoms with Crippen LogP contribution >= 0.6 is 0 Å². The molecular formula is C13H20N4O3. The van der Waals surface area contributed by atoms with Crippen molar-refractivity contribution in [1.29, 1.82) is 0 Å². The van der Waals surface area contributed by atoms with E-state index in [0.717, 1.165) is 12.8 Å². The molecule has 1 saturated carbocycles. The highest BCUT2D eigenvalue weighted by Gasteiger charge is 2.17. The summed E-state index contributed by atoms with van der Waals surface area (Å²) in [6, 6.07) is 0. The molecule has 0 unspecified atom stereocenters. The average molecular weight is 280 g/mol. The third-order valence-corrected chi connectivity index (χ3v) is 3.55. The van der Waals surface area contributed by atoms with E-state index in [9.17, 15) is 9.59 Å². The van der Waals surface area contributed by atoms with Gasteiger partial charge in [0.2, 0.25) is 5.91 Å². The fraction of sp³-hybridized carbons (Fsp3) is 0.692. The third-order valence-electron chi connectivity index (χ3n) is 3.55. The number of aromatic nitrogens is 3. The second-order valence-electron chi connectivity index (χ2n) is 5.29. The van der Waals surface area contributed by atoms with Crippen LogP contribution in [0.3, 0.4) is 0 Å². The zero-order valence-electron chi connectivity index (χ0n) is 11.4. The number of aliphatic carboxylic acids is 1. The summed E-state index contributed by atoms with van der Waals surface area (Å²) in [4.78, 5) is 22.3. The number of carbonyl (C=O) groups is 2. The predicted octanol–water partition coefficient (Wildman–Crippen LogP) is 0.949. The first-order valence-corrected chi connectivity index (χ1v) is 7.01. The number of amides is 1. The Balaban J connectivity index is 1.72. The van der Waals surface area contributed by atoms with Crippen molar-refractivity contribution in [3.05, 3.63) is 11.9 Å². The summed E-state index contributed by atoms with van der Waals surface area (Å²) in [7, 11) is 0. The maximum atomic E-state index is 11.8. The highest BCUT2D eigenvalue weighted by Crippen LogP contribution is 2.25. The number of hydrogen-bond acceptors (Lipinski definition) is 4. The number of nitrogens with zero attached hydrogens (tertiary/aromatic N) is 3. The van der Waals surface area contributed by atoms with Crippen LogP contribution in [0.4, 0.5) is 0 Å². The van der Waals surface area contributed by atoms with Crippen molar-refractivity contribution in [2.45, 2.75) is 51.6 Å². The van der Waals surface area contributed by atoms with Crippen LogP contribution in [-0.2, 0) is 22.7 Å². The fourth-order valence-corrected chi connectivity index (χ4v) is 2.55. The lowest BCUT2D eigenvalue weighted by atomic mass is 9.87.